The molecule has 0 saturated carbocycles. The Labute approximate surface area is 211 Å². The summed E-state index contributed by atoms with van der Waals surface area (Å²) >= 11 is 0. The second-order valence-corrected chi connectivity index (χ2v) is 22.5. The molecule has 0 bridgehead atoms. The summed E-state index contributed by atoms with van der Waals surface area (Å²) in [5.41, 5.74) is 0. The summed E-state index contributed by atoms with van der Waals surface area (Å²) in [4.78, 5) is 25.5. The van der Waals surface area contributed by atoms with Crippen molar-refractivity contribution in [2.75, 3.05) is 19.3 Å². The van der Waals surface area contributed by atoms with Gasteiger partial charge in [0.05, 0.1) is 12.8 Å². The van der Waals surface area contributed by atoms with Crippen molar-refractivity contribution in [1.29, 1.82) is 0 Å². The molecule has 0 aromatic rings. The van der Waals surface area contributed by atoms with Crippen molar-refractivity contribution in [1.82, 2.24) is 5.32 Å². The molecular weight excluding hydrogens is 485 g/mol. The van der Waals surface area contributed by atoms with Gasteiger partial charge in [-0.15, -0.1) is 0 Å². The molecule has 0 aliphatic rings. The molecule has 10 heteroatoms. The molecule has 0 spiro atoms. The first-order valence-corrected chi connectivity index (χ1v) is 21.7. The number of carbonyl (C=O) groups excluding carboxylic acids is 2. The molecule has 34 heavy (non-hydrogen) atoms. The second-order valence-electron chi connectivity index (χ2n) is 11.0. The average Bonchev–Trinajstić information content (AvgIpc) is 2.67. The second kappa shape index (κ2) is 17.1. The lowest BCUT2D eigenvalue weighted by Crippen LogP contribution is -2.41. The maximum atomic E-state index is 13.7. The number of ether oxygens (including phenoxy) is 1. The van der Waals surface area contributed by atoms with Crippen LogP contribution in [0.2, 0.25) is 39.3 Å². The van der Waals surface area contributed by atoms with Crippen LogP contribution in [0, 0.1) is 5.92 Å². The fourth-order valence-electron chi connectivity index (χ4n) is 3.61. The monoisotopic (exact) mass is 537 g/mol. The molecule has 0 heterocycles. The van der Waals surface area contributed by atoms with E-state index in [1.54, 1.807) is 6.92 Å². The topological polar surface area (TPSA) is 90.9 Å². The minimum absolute atomic E-state index is 0.148. The number of rotatable bonds is 20. The van der Waals surface area contributed by atoms with Crippen LogP contribution in [0.4, 0.5) is 0 Å². The Bertz CT molecular complexity index is 614. The van der Waals surface area contributed by atoms with Crippen LogP contribution < -0.4 is 5.32 Å². The summed E-state index contributed by atoms with van der Waals surface area (Å²) < 4.78 is 30.7. The Morgan fingerprint density at radius 2 is 1.21 bits per heavy atom. The first-order chi connectivity index (χ1) is 15.7. The lowest BCUT2D eigenvalue weighted by Gasteiger charge is -2.32. The summed E-state index contributed by atoms with van der Waals surface area (Å²) in [5, 5.41) is 2.85. The number of carbonyl (C=O) groups is 2. The summed E-state index contributed by atoms with van der Waals surface area (Å²) in [5.74, 6) is -2.35. The Morgan fingerprint density at radius 3 is 1.62 bits per heavy atom. The molecule has 1 unspecified atom stereocenters. The van der Waals surface area contributed by atoms with Crippen LogP contribution in [0.25, 0.3) is 0 Å². The van der Waals surface area contributed by atoms with Gasteiger partial charge in [-0.05, 0) is 52.6 Å². The van der Waals surface area contributed by atoms with E-state index in [0.717, 1.165) is 19.3 Å². The molecule has 0 aliphatic carbocycles. The standard InChI is InChI=1S/C24H52NO6PSi2/c1-9-11-12-13-14-15-16-17-18-19-20-25-23(26)22(24(27)29-10-2)21-32(28,30-33(3,4)5)31-34(6,7)8/h22H,9-21H2,1-8H3,(H,25,26). The third-order valence-corrected chi connectivity index (χ3v) is 12.4. The molecular formula is C24H52NO6PSi2. The van der Waals surface area contributed by atoms with Gasteiger partial charge < -0.3 is 18.5 Å². The van der Waals surface area contributed by atoms with E-state index in [0.29, 0.717) is 6.54 Å². The molecule has 0 saturated heterocycles. The van der Waals surface area contributed by atoms with Crippen molar-refractivity contribution < 1.29 is 27.3 Å². The Kier molecular flexibility index (Phi) is 16.8. The van der Waals surface area contributed by atoms with Crippen LogP contribution in [0.5, 0.6) is 0 Å². The lowest BCUT2D eigenvalue weighted by atomic mass is 10.1. The fraction of sp³-hybridized carbons (Fsp3) is 0.917. The maximum Gasteiger partial charge on any atom is 0.319 e. The molecule has 0 aliphatic heterocycles. The highest BCUT2D eigenvalue weighted by atomic mass is 31.2. The highest BCUT2D eigenvalue weighted by molar-refractivity contribution is 7.57. The van der Waals surface area contributed by atoms with Crippen LogP contribution in [0.15, 0.2) is 0 Å². The van der Waals surface area contributed by atoms with E-state index in [1.807, 2.05) is 39.3 Å². The zero-order valence-electron chi connectivity index (χ0n) is 23.2. The van der Waals surface area contributed by atoms with E-state index in [1.165, 1.54) is 44.9 Å². The van der Waals surface area contributed by atoms with E-state index >= 15 is 0 Å². The molecule has 0 aromatic carbocycles. The lowest BCUT2D eigenvalue weighted by molar-refractivity contribution is -0.151. The minimum atomic E-state index is -3.66. The first-order valence-electron chi connectivity index (χ1n) is 13.2. The Hall–Kier alpha value is -0.476. The van der Waals surface area contributed by atoms with Crippen molar-refractivity contribution in [3.05, 3.63) is 0 Å². The highest BCUT2D eigenvalue weighted by Crippen LogP contribution is 2.54. The van der Waals surface area contributed by atoms with Crippen LogP contribution in [0.1, 0.15) is 78.1 Å². The predicted octanol–water partition coefficient (Wildman–Crippen LogP) is 7.10. The van der Waals surface area contributed by atoms with Crippen molar-refractivity contribution >= 4 is 36.1 Å². The zero-order valence-corrected chi connectivity index (χ0v) is 26.1. The molecule has 202 valence electrons. The minimum Gasteiger partial charge on any atom is -0.465 e. The van der Waals surface area contributed by atoms with Crippen molar-refractivity contribution in [3.63, 3.8) is 0 Å². The van der Waals surface area contributed by atoms with E-state index in [4.69, 9.17) is 13.2 Å². The third kappa shape index (κ3) is 17.9. The summed E-state index contributed by atoms with van der Waals surface area (Å²) in [6.07, 6.45) is 11.8. The predicted molar refractivity (Wildman–Crippen MR) is 146 cm³/mol. The van der Waals surface area contributed by atoms with E-state index in [-0.39, 0.29) is 12.8 Å². The maximum absolute atomic E-state index is 13.7. The average molecular weight is 538 g/mol. The van der Waals surface area contributed by atoms with Gasteiger partial charge in [-0.1, -0.05) is 64.7 Å². The third-order valence-electron chi connectivity index (χ3n) is 4.95. The van der Waals surface area contributed by atoms with Gasteiger partial charge in [-0.2, -0.15) is 0 Å². The molecule has 1 amide bonds. The molecule has 1 N–H and O–H groups in total. The van der Waals surface area contributed by atoms with Gasteiger partial charge in [0.2, 0.25) is 5.91 Å². The molecule has 1 atom stereocenters. The highest BCUT2D eigenvalue weighted by Gasteiger charge is 2.43. The van der Waals surface area contributed by atoms with Crippen LogP contribution in [-0.2, 0) is 27.3 Å². The van der Waals surface area contributed by atoms with Crippen LogP contribution in [-0.4, -0.2) is 47.8 Å². The van der Waals surface area contributed by atoms with Crippen LogP contribution in [0.3, 0.4) is 0 Å². The summed E-state index contributed by atoms with van der Waals surface area (Å²) in [6, 6.07) is 0. The quantitative estimate of drug-likeness (QED) is 0.0585. The van der Waals surface area contributed by atoms with Gasteiger partial charge in [-0.3, -0.25) is 14.2 Å². The van der Waals surface area contributed by atoms with Gasteiger partial charge in [0.1, 0.15) is 5.92 Å². The molecule has 0 fully saturated rings. The largest absolute Gasteiger partial charge is 0.465 e. The van der Waals surface area contributed by atoms with Crippen molar-refractivity contribution in [2.24, 2.45) is 5.92 Å². The Morgan fingerprint density at radius 1 is 0.765 bits per heavy atom. The van der Waals surface area contributed by atoms with Crippen molar-refractivity contribution in [2.45, 2.75) is 117 Å². The number of amides is 1. The first kappa shape index (κ1) is 33.5. The summed E-state index contributed by atoms with van der Waals surface area (Å²) in [6.45, 7) is 16.0. The van der Waals surface area contributed by atoms with Crippen molar-refractivity contribution in [3.8, 4) is 0 Å². The smallest absolute Gasteiger partial charge is 0.319 e. The van der Waals surface area contributed by atoms with Crippen LogP contribution >= 0.6 is 7.60 Å². The summed E-state index contributed by atoms with van der Waals surface area (Å²) in [7, 11) is -8.16. The molecule has 0 radical (unpaired) electrons. The number of esters is 1. The normalized spacial score (nSPS) is 13.5. The van der Waals surface area contributed by atoms with E-state index in [2.05, 4.69) is 12.2 Å². The van der Waals surface area contributed by atoms with Gasteiger partial charge in [0.25, 0.3) is 0 Å². The Balaban J connectivity index is 4.81. The molecule has 0 aromatic heterocycles. The number of unbranched alkanes of at least 4 members (excludes halogenated alkanes) is 9. The van der Waals surface area contributed by atoms with Gasteiger partial charge in [0, 0.05) is 6.54 Å². The zero-order chi connectivity index (χ0) is 26.3. The van der Waals surface area contributed by atoms with E-state index < -0.39 is 42.0 Å². The number of hydrogen-bond acceptors (Lipinski definition) is 6. The van der Waals surface area contributed by atoms with Gasteiger partial charge in [0.15, 0.2) is 16.6 Å². The van der Waals surface area contributed by atoms with Gasteiger partial charge in [-0.25, -0.2) is 0 Å². The SMILES string of the molecule is CCCCCCCCCCCCNC(=O)C(CP(=O)(O[Si](C)(C)C)O[Si](C)(C)C)C(=O)OCC. The van der Waals surface area contributed by atoms with Gasteiger partial charge >= 0.3 is 13.6 Å². The molecule has 7 nitrogen and oxygen atoms in total. The fourth-order valence-corrected chi connectivity index (χ4v) is 12.1. The van der Waals surface area contributed by atoms with E-state index in [9.17, 15) is 14.2 Å². The molecule has 0 rings (SSSR count). The number of nitrogens with one attached hydrogen (secondary N) is 1. The number of hydrogen-bond donors (Lipinski definition) is 1.